The van der Waals surface area contributed by atoms with Crippen molar-refractivity contribution in [3.05, 3.63) is 18.3 Å². The fraction of sp³-hybridized carbons (Fsp3) is 0.167. The molecular formula is C6H9N3S. The average Bonchev–Trinajstić information content (AvgIpc) is 2.04. The molecule has 0 saturated carbocycles. The Kier molecular flexibility index (Phi) is 2.53. The molecule has 0 radical (unpaired) electrons. The van der Waals surface area contributed by atoms with Gasteiger partial charge in [-0.15, -0.1) is 11.8 Å². The molecule has 0 atom stereocenters. The first kappa shape index (κ1) is 7.37. The van der Waals surface area contributed by atoms with Crippen LogP contribution in [-0.2, 0) is 0 Å². The van der Waals surface area contributed by atoms with Gasteiger partial charge in [0.2, 0.25) is 0 Å². The topological polar surface area (TPSA) is 50.9 Å². The fourth-order valence-electron chi connectivity index (χ4n) is 0.664. The maximum absolute atomic E-state index is 5.20. The number of nitrogens with one attached hydrogen (secondary N) is 1. The summed E-state index contributed by atoms with van der Waals surface area (Å²) < 4.78 is 0. The van der Waals surface area contributed by atoms with Crippen molar-refractivity contribution >= 4 is 17.6 Å². The highest BCUT2D eigenvalue weighted by Gasteiger charge is 1.96. The first-order valence-electron chi connectivity index (χ1n) is 2.84. The third-order valence-corrected chi connectivity index (χ3v) is 1.90. The van der Waals surface area contributed by atoms with Crippen LogP contribution in [0.25, 0.3) is 0 Å². The number of thioether (sulfide) groups is 1. The van der Waals surface area contributed by atoms with E-state index in [0.717, 1.165) is 10.7 Å². The lowest BCUT2D eigenvalue weighted by molar-refractivity contribution is 1.17. The highest BCUT2D eigenvalue weighted by atomic mass is 32.2. The minimum Gasteiger partial charge on any atom is -0.308 e. The van der Waals surface area contributed by atoms with Crippen molar-refractivity contribution in [2.75, 3.05) is 11.7 Å². The van der Waals surface area contributed by atoms with Gasteiger partial charge in [0.25, 0.3) is 0 Å². The summed E-state index contributed by atoms with van der Waals surface area (Å²) in [4.78, 5) is 5.07. The van der Waals surface area contributed by atoms with Crippen LogP contribution < -0.4 is 11.3 Å². The van der Waals surface area contributed by atoms with Gasteiger partial charge in [-0.05, 0) is 18.4 Å². The third-order valence-electron chi connectivity index (χ3n) is 1.13. The molecule has 0 aliphatic carbocycles. The molecule has 3 N–H and O–H groups in total. The van der Waals surface area contributed by atoms with E-state index < -0.39 is 0 Å². The largest absolute Gasteiger partial charge is 0.308 e. The Hall–Kier alpha value is -0.740. The van der Waals surface area contributed by atoms with E-state index in [1.54, 1.807) is 18.0 Å². The van der Waals surface area contributed by atoms with Crippen molar-refractivity contribution in [1.82, 2.24) is 4.98 Å². The number of nitrogens with two attached hydrogens (primary N) is 1. The molecule has 3 nitrogen and oxygen atoms in total. The van der Waals surface area contributed by atoms with Gasteiger partial charge in [0.1, 0.15) is 0 Å². The van der Waals surface area contributed by atoms with Crippen LogP contribution in [0.15, 0.2) is 23.2 Å². The minimum atomic E-state index is 0.731. The van der Waals surface area contributed by atoms with E-state index in [0.29, 0.717) is 0 Å². The Bertz CT molecular complexity index is 191. The van der Waals surface area contributed by atoms with Gasteiger partial charge in [0.15, 0.2) is 5.82 Å². The van der Waals surface area contributed by atoms with Gasteiger partial charge in [-0.2, -0.15) is 0 Å². The van der Waals surface area contributed by atoms with Crippen LogP contribution in [0.1, 0.15) is 0 Å². The zero-order valence-electron chi connectivity index (χ0n) is 5.66. The van der Waals surface area contributed by atoms with Crippen LogP contribution in [0.3, 0.4) is 0 Å². The maximum Gasteiger partial charge on any atom is 0.153 e. The molecule has 0 bridgehead atoms. The Balaban J connectivity index is 2.96. The Morgan fingerprint density at radius 3 is 3.00 bits per heavy atom. The third kappa shape index (κ3) is 1.40. The second kappa shape index (κ2) is 3.43. The molecule has 0 unspecified atom stereocenters. The van der Waals surface area contributed by atoms with E-state index in [9.17, 15) is 0 Å². The number of hydrogen-bond donors (Lipinski definition) is 2. The number of nitrogen functional groups attached to an aromatic ring is 1. The molecule has 0 spiro atoms. The second-order valence-corrected chi connectivity index (χ2v) is 2.55. The summed E-state index contributed by atoms with van der Waals surface area (Å²) in [5.41, 5.74) is 2.51. The zero-order chi connectivity index (χ0) is 7.40. The number of rotatable bonds is 2. The van der Waals surface area contributed by atoms with Crippen LogP contribution in [-0.4, -0.2) is 11.2 Å². The van der Waals surface area contributed by atoms with Gasteiger partial charge in [0.05, 0.1) is 4.90 Å². The lowest BCUT2D eigenvalue weighted by atomic mass is 10.5. The van der Waals surface area contributed by atoms with E-state index in [1.807, 2.05) is 18.4 Å². The summed E-state index contributed by atoms with van der Waals surface area (Å²) in [7, 11) is 0. The van der Waals surface area contributed by atoms with Crippen molar-refractivity contribution in [3.63, 3.8) is 0 Å². The first-order valence-corrected chi connectivity index (χ1v) is 4.06. The summed E-state index contributed by atoms with van der Waals surface area (Å²) in [5, 5.41) is 0. The summed E-state index contributed by atoms with van der Waals surface area (Å²) >= 11 is 1.61. The monoisotopic (exact) mass is 155 g/mol. The smallest absolute Gasteiger partial charge is 0.153 e. The van der Waals surface area contributed by atoms with Crippen molar-refractivity contribution in [2.24, 2.45) is 5.84 Å². The number of aromatic nitrogens is 1. The average molecular weight is 155 g/mol. The highest BCUT2D eigenvalue weighted by Crippen LogP contribution is 2.20. The van der Waals surface area contributed by atoms with E-state index in [4.69, 9.17) is 5.84 Å². The second-order valence-electron chi connectivity index (χ2n) is 1.70. The molecular weight excluding hydrogens is 146 g/mol. The van der Waals surface area contributed by atoms with Gasteiger partial charge in [-0.25, -0.2) is 10.8 Å². The van der Waals surface area contributed by atoms with Crippen molar-refractivity contribution in [1.29, 1.82) is 0 Å². The quantitative estimate of drug-likeness (QED) is 0.381. The number of hydrazine groups is 1. The molecule has 0 fully saturated rings. The molecule has 1 rings (SSSR count). The number of hydrogen-bond acceptors (Lipinski definition) is 4. The van der Waals surface area contributed by atoms with Crippen LogP contribution in [0.4, 0.5) is 5.82 Å². The molecule has 1 aromatic heterocycles. The molecule has 1 heterocycles. The lowest BCUT2D eigenvalue weighted by Crippen LogP contribution is -2.09. The van der Waals surface area contributed by atoms with E-state index in [2.05, 4.69) is 10.4 Å². The zero-order valence-corrected chi connectivity index (χ0v) is 6.48. The molecule has 0 saturated heterocycles. The van der Waals surface area contributed by atoms with Crippen molar-refractivity contribution in [3.8, 4) is 0 Å². The summed E-state index contributed by atoms with van der Waals surface area (Å²) in [6.07, 6.45) is 3.69. The molecule has 1 aromatic rings. The Labute approximate surface area is 64.0 Å². The summed E-state index contributed by atoms with van der Waals surface area (Å²) in [6.45, 7) is 0. The van der Waals surface area contributed by atoms with Crippen LogP contribution in [0.2, 0.25) is 0 Å². The molecule has 0 amide bonds. The normalized spacial score (nSPS) is 9.40. The van der Waals surface area contributed by atoms with Gasteiger partial charge >= 0.3 is 0 Å². The van der Waals surface area contributed by atoms with Crippen LogP contribution >= 0.6 is 11.8 Å². The van der Waals surface area contributed by atoms with E-state index in [-0.39, 0.29) is 0 Å². The van der Waals surface area contributed by atoms with Gasteiger partial charge in [-0.1, -0.05) is 0 Å². The first-order chi connectivity index (χ1) is 4.88. The number of pyridine rings is 1. The number of nitrogens with zero attached hydrogens (tertiary/aromatic N) is 1. The number of anilines is 1. The van der Waals surface area contributed by atoms with Gasteiger partial charge < -0.3 is 5.43 Å². The van der Waals surface area contributed by atoms with E-state index in [1.165, 1.54) is 0 Å². The van der Waals surface area contributed by atoms with Crippen molar-refractivity contribution < 1.29 is 0 Å². The van der Waals surface area contributed by atoms with Crippen LogP contribution in [0.5, 0.6) is 0 Å². The standard InChI is InChI=1S/C6H9N3S/c1-10-5-3-2-4-8-6(5)9-7/h2-4H,7H2,1H3,(H,8,9). The Morgan fingerprint density at radius 2 is 2.50 bits per heavy atom. The predicted molar refractivity (Wildman–Crippen MR) is 43.8 cm³/mol. The minimum absolute atomic E-state index is 0.731. The highest BCUT2D eigenvalue weighted by molar-refractivity contribution is 7.98. The SMILES string of the molecule is CSc1cccnc1NN. The fourth-order valence-corrected chi connectivity index (χ4v) is 1.18. The molecule has 10 heavy (non-hydrogen) atoms. The van der Waals surface area contributed by atoms with E-state index >= 15 is 0 Å². The summed E-state index contributed by atoms with van der Waals surface area (Å²) in [5.74, 6) is 5.93. The molecule has 4 heteroatoms. The van der Waals surface area contributed by atoms with Gasteiger partial charge in [-0.3, -0.25) is 0 Å². The Morgan fingerprint density at radius 1 is 1.70 bits per heavy atom. The lowest BCUT2D eigenvalue weighted by Gasteiger charge is -2.02. The predicted octanol–water partition coefficient (Wildman–Crippen LogP) is 1.09. The maximum atomic E-state index is 5.20. The molecule has 54 valence electrons. The van der Waals surface area contributed by atoms with Crippen LogP contribution in [0, 0.1) is 0 Å². The summed E-state index contributed by atoms with van der Waals surface area (Å²) in [6, 6.07) is 3.85. The molecule has 0 aliphatic heterocycles. The molecule has 0 aliphatic rings. The molecule has 0 aromatic carbocycles. The van der Waals surface area contributed by atoms with Gasteiger partial charge in [0, 0.05) is 6.20 Å². The van der Waals surface area contributed by atoms with Crippen molar-refractivity contribution in [2.45, 2.75) is 4.90 Å².